The van der Waals surface area contributed by atoms with Crippen LogP contribution in [0.25, 0.3) is 0 Å². The van der Waals surface area contributed by atoms with Crippen molar-refractivity contribution in [3.05, 3.63) is 24.2 Å². The molecule has 0 bridgehead atoms. The van der Waals surface area contributed by atoms with Crippen molar-refractivity contribution in [1.82, 2.24) is 16.0 Å². The molecule has 1 aromatic heterocycles. The zero-order valence-electron chi connectivity index (χ0n) is 12.4. The quantitative estimate of drug-likeness (QED) is 0.519. The van der Waals surface area contributed by atoms with E-state index in [0.717, 1.165) is 12.2 Å². The molecule has 3 N–H and O–H groups in total. The lowest BCUT2D eigenvalue weighted by molar-refractivity contribution is -0.121. The van der Waals surface area contributed by atoms with Gasteiger partial charge in [0.2, 0.25) is 5.91 Å². The summed E-state index contributed by atoms with van der Waals surface area (Å²) in [5.41, 5.74) is 0. The van der Waals surface area contributed by atoms with Crippen LogP contribution >= 0.6 is 0 Å². The fraction of sp³-hybridized carbons (Fsp3) is 0.571. The minimum Gasteiger partial charge on any atom is -0.467 e. The van der Waals surface area contributed by atoms with Gasteiger partial charge in [-0.25, -0.2) is 0 Å². The molecule has 0 saturated carbocycles. The molecule has 1 unspecified atom stereocenters. The van der Waals surface area contributed by atoms with E-state index in [0.29, 0.717) is 25.5 Å². The van der Waals surface area contributed by atoms with E-state index >= 15 is 0 Å². The van der Waals surface area contributed by atoms with Gasteiger partial charge in [-0.2, -0.15) is 0 Å². The fourth-order valence-corrected chi connectivity index (χ4v) is 1.55. The van der Waals surface area contributed by atoms with E-state index in [-0.39, 0.29) is 11.9 Å². The van der Waals surface area contributed by atoms with Crippen LogP contribution in [0.2, 0.25) is 0 Å². The molecule has 0 spiro atoms. The first-order valence-electron chi connectivity index (χ1n) is 6.92. The van der Waals surface area contributed by atoms with Crippen LogP contribution in [0.3, 0.4) is 0 Å². The Bertz CT molecular complexity index is 415. The monoisotopic (exact) mass is 280 g/mol. The zero-order chi connectivity index (χ0) is 14.8. The van der Waals surface area contributed by atoms with Crippen LogP contribution in [-0.4, -0.2) is 31.5 Å². The van der Waals surface area contributed by atoms with E-state index in [2.05, 4.69) is 20.9 Å². The number of amides is 1. The van der Waals surface area contributed by atoms with E-state index in [4.69, 9.17) is 4.42 Å². The molecule has 0 aliphatic heterocycles. The third-order valence-corrected chi connectivity index (χ3v) is 2.90. The highest BCUT2D eigenvalue weighted by atomic mass is 16.3. The Morgan fingerprint density at radius 3 is 2.85 bits per heavy atom. The molecule has 1 atom stereocenters. The van der Waals surface area contributed by atoms with Gasteiger partial charge in [-0.05, 0) is 25.5 Å². The maximum Gasteiger partial charge on any atom is 0.221 e. The first kappa shape index (κ1) is 16.1. The lowest BCUT2D eigenvalue weighted by Crippen LogP contribution is -2.40. The first-order chi connectivity index (χ1) is 9.65. The van der Waals surface area contributed by atoms with Crippen molar-refractivity contribution < 1.29 is 9.21 Å². The van der Waals surface area contributed by atoms with E-state index in [1.165, 1.54) is 0 Å². The molecule has 1 heterocycles. The van der Waals surface area contributed by atoms with Crippen molar-refractivity contribution in [2.24, 2.45) is 4.99 Å². The Balaban J connectivity index is 2.20. The Morgan fingerprint density at radius 2 is 2.25 bits per heavy atom. The van der Waals surface area contributed by atoms with Crippen LogP contribution in [0.15, 0.2) is 27.8 Å². The lowest BCUT2D eigenvalue weighted by atomic mass is 10.2. The van der Waals surface area contributed by atoms with Gasteiger partial charge in [0.1, 0.15) is 5.76 Å². The minimum absolute atomic E-state index is 0.0494. The molecule has 20 heavy (non-hydrogen) atoms. The summed E-state index contributed by atoms with van der Waals surface area (Å²) in [6, 6.07) is 3.95. The second-order valence-corrected chi connectivity index (χ2v) is 4.56. The van der Waals surface area contributed by atoms with Gasteiger partial charge in [-0.1, -0.05) is 6.92 Å². The summed E-state index contributed by atoms with van der Waals surface area (Å²) in [5, 5.41) is 9.12. The number of carbonyl (C=O) groups excluding carboxylic acids is 1. The molecule has 0 fully saturated rings. The van der Waals surface area contributed by atoms with Crippen LogP contribution < -0.4 is 16.0 Å². The third-order valence-electron chi connectivity index (χ3n) is 2.90. The van der Waals surface area contributed by atoms with Gasteiger partial charge in [-0.3, -0.25) is 9.79 Å². The number of rotatable bonds is 7. The van der Waals surface area contributed by atoms with Gasteiger partial charge in [-0.15, -0.1) is 0 Å². The number of hydrogen-bond acceptors (Lipinski definition) is 3. The van der Waals surface area contributed by atoms with Crippen LogP contribution in [0.4, 0.5) is 0 Å². The number of nitrogens with one attached hydrogen (secondary N) is 3. The smallest absolute Gasteiger partial charge is 0.221 e. The van der Waals surface area contributed by atoms with E-state index < -0.39 is 0 Å². The van der Waals surface area contributed by atoms with Gasteiger partial charge in [0.15, 0.2) is 5.96 Å². The summed E-state index contributed by atoms with van der Waals surface area (Å²) in [4.78, 5) is 15.7. The second kappa shape index (κ2) is 9.01. The molecule has 0 aromatic carbocycles. The third kappa shape index (κ3) is 6.26. The number of furan rings is 1. The van der Waals surface area contributed by atoms with E-state index in [9.17, 15) is 4.79 Å². The van der Waals surface area contributed by atoms with Crippen molar-refractivity contribution in [3.63, 3.8) is 0 Å². The molecule has 0 radical (unpaired) electrons. The molecule has 0 aliphatic carbocycles. The maximum atomic E-state index is 11.6. The van der Waals surface area contributed by atoms with Gasteiger partial charge in [0.25, 0.3) is 0 Å². The van der Waals surface area contributed by atoms with Crippen molar-refractivity contribution >= 4 is 11.9 Å². The van der Waals surface area contributed by atoms with Gasteiger partial charge >= 0.3 is 0 Å². The van der Waals surface area contributed by atoms with Crippen LogP contribution in [-0.2, 0) is 11.3 Å². The van der Waals surface area contributed by atoms with Gasteiger partial charge < -0.3 is 20.4 Å². The Kier molecular flexibility index (Phi) is 7.24. The Morgan fingerprint density at radius 1 is 1.45 bits per heavy atom. The summed E-state index contributed by atoms with van der Waals surface area (Å²) in [6.07, 6.45) is 2.99. The largest absolute Gasteiger partial charge is 0.467 e. The summed E-state index contributed by atoms with van der Waals surface area (Å²) in [7, 11) is 1.69. The SMILES string of the molecule is CCC(C)NC(=O)CCNC(=NC)NCc1ccco1. The van der Waals surface area contributed by atoms with E-state index in [1.54, 1.807) is 13.3 Å². The molecule has 1 rings (SSSR count). The fourth-order valence-electron chi connectivity index (χ4n) is 1.55. The average Bonchev–Trinajstić information content (AvgIpc) is 2.95. The molecular weight excluding hydrogens is 256 g/mol. The zero-order valence-corrected chi connectivity index (χ0v) is 12.4. The van der Waals surface area contributed by atoms with Crippen molar-refractivity contribution in [2.45, 2.75) is 39.3 Å². The summed E-state index contributed by atoms with van der Waals surface area (Å²) < 4.78 is 5.22. The maximum absolute atomic E-state index is 11.6. The minimum atomic E-state index is 0.0494. The highest BCUT2D eigenvalue weighted by molar-refractivity contribution is 5.81. The van der Waals surface area contributed by atoms with Gasteiger partial charge in [0.05, 0.1) is 12.8 Å². The van der Waals surface area contributed by atoms with Crippen LogP contribution in [0, 0.1) is 0 Å². The number of carbonyl (C=O) groups is 1. The lowest BCUT2D eigenvalue weighted by Gasteiger charge is -2.13. The molecule has 112 valence electrons. The highest BCUT2D eigenvalue weighted by Gasteiger charge is 2.05. The summed E-state index contributed by atoms with van der Waals surface area (Å²) in [6.45, 7) is 5.14. The van der Waals surface area contributed by atoms with E-state index in [1.807, 2.05) is 26.0 Å². The number of nitrogens with zero attached hydrogens (tertiary/aromatic N) is 1. The van der Waals surface area contributed by atoms with Gasteiger partial charge in [0, 0.05) is 26.1 Å². The second-order valence-electron chi connectivity index (χ2n) is 4.56. The number of guanidine groups is 1. The topological polar surface area (TPSA) is 78.7 Å². The first-order valence-corrected chi connectivity index (χ1v) is 6.92. The molecule has 6 nitrogen and oxygen atoms in total. The number of hydrogen-bond donors (Lipinski definition) is 3. The Labute approximate surface area is 120 Å². The molecule has 1 amide bonds. The normalized spacial score (nSPS) is 12.8. The predicted molar refractivity (Wildman–Crippen MR) is 79.4 cm³/mol. The average molecular weight is 280 g/mol. The summed E-state index contributed by atoms with van der Waals surface area (Å²) >= 11 is 0. The molecule has 6 heteroatoms. The number of aliphatic imine (C=N–C) groups is 1. The summed E-state index contributed by atoms with van der Waals surface area (Å²) in [5.74, 6) is 1.54. The highest BCUT2D eigenvalue weighted by Crippen LogP contribution is 1.98. The molecule has 1 aromatic rings. The standard InChI is InChI=1S/C14H24N4O2/c1-4-11(2)18-13(19)7-8-16-14(15-3)17-10-12-6-5-9-20-12/h5-6,9,11H,4,7-8,10H2,1-3H3,(H,18,19)(H2,15,16,17). The predicted octanol–water partition coefficient (Wildman–Crippen LogP) is 1.25. The molecule has 0 saturated heterocycles. The van der Waals surface area contributed by atoms with Crippen molar-refractivity contribution in [1.29, 1.82) is 0 Å². The molecule has 0 aliphatic rings. The van der Waals surface area contributed by atoms with Crippen LogP contribution in [0.5, 0.6) is 0 Å². The van der Waals surface area contributed by atoms with Crippen molar-refractivity contribution in [2.75, 3.05) is 13.6 Å². The van der Waals surface area contributed by atoms with Crippen LogP contribution in [0.1, 0.15) is 32.4 Å². The van der Waals surface area contributed by atoms with Crippen molar-refractivity contribution in [3.8, 4) is 0 Å². The Hall–Kier alpha value is -1.98. The molecular formula is C14H24N4O2.